The molecule has 1 fully saturated rings. The minimum Gasteiger partial charge on any atom is -0.259 e. The molecule has 4 heteroatoms. The second kappa shape index (κ2) is 3.73. The SMILES string of the molecule is [C-]#[N+]N([N+]#[C-])C(=O)C1CCCC1. The Bertz CT molecular complexity index is 240. The largest absolute Gasteiger partial charge is 0.378 e. The van der Waals surface area contributed by atoms with E-state index in [0.29, 0.717) is 5.12 Å². The van der Waals surface area contributed by atoms with Gasteiger partial charge in [0.2, 0.25) is 0 Å². The summed E-state index contributed by atoms with van der Waals surface area (Å²) in [6.07, 6.45) is 3.75. The van der Waals surface area contributed by atoms with Crippen molar-refractivity contribution in [1.82, 2.24) is 5.12 Å². The molecule has 62 valence electrons. The van der Waals surface area contributed by atoms with Crippen LogP contribution in [0.15, 0.2) is 0 Å². The first kappa shape index (κ1) is 8.55. The highest BCUT2D eigenvalue weighted by Gasteiger charge is 2.34. The van der Waals surface area contributed by atoms with Crippen LogP contribution in [-0.4, -0.2) is 11.0 Å². The Kier molecular flexibility index (Phi) is 2.66. The average Bonchev–Trinajstić information content (AvgIpc) is 2.58. The normalized spacial score (nSPS) is 16.5. The Morgan fingerprint density at radius 3 is 2.17 bits per heavy atom. The van der Waals surface area contributed by atoms with Crippen molar-refractivity contribution in [1.29, 1.82) is 0 Å². The fourth-order valence-corrected chi connectivity index (χ4v) is 1.46. The van der Waals surface area contributed by atoms with Gasteiger partial charge in [-0.3, -0.25) is 4.79 Å². The molecule has 1 aliphatic rings. The monoisotopic (exact) mass is 163 g/mol. The minimum atomic E-state index is -0.322. The number of rotatable bonds is 1. The van der Waals surface area contributed by atoms with Gasteiger partial charge in [0, 0.05) is 0 Å². The van der Waals surface area contributed by atoms with Crippen molar-refractivity contribution in [3.8, 4) is 0 Å². The summed E-state index contributed by atoms with van der Waals surface area (Å²) in [4.78, 5) is 17.0. The van der Waals surface area contributed by atoms with Crippen molar-refractivity contribution in [3.63, 3.8) is 0 Å². The summed E-state index contributed by atoms with van der Waals surface area (Å²) in [6, 6.07) is 0. The minimum absolute atomic E-state index is 0.0757. The van der Waals surface area contributed by atoms with E-state index in [2.05, 4.69) is 9.91 Å². The van der Waals surface area contributed by atoms with Gasteiger partial charge < -0.3 is 0 Å². The average molecular weight is 163 g/mol. The van der Waals surface area contributed by atoms with Crippen LogP contribution in [0.1, 0.15) is 25.7 Å². The number of amides is 1. The molecule has 0 aromatic carbocycles. The first-order valence-electron chi connectivity index (χ1n) is 3.88. The Labute approximate surface area is 71.4 Å². The van der Waals surface area contributed by atoms with E-state index in [1.54, 1.807) is 0 Å². The zero-order valence-corrected chi connectivity index (χ0v) is 6.66. The Balaban J connectivity index is 2.58. The quantitative estimate of drug-likeness (QED) is 0.427. The maximum atomic E-state index is 11.3. The van der Waals surface area contributed by atoms with Crippen LogP contribution < -0.4 is 0 Å². The van der Waals surface area contributed by atoms with Gasteiger partial charge in [-0.25, -0.2) is 0 Å². The fraction of sp³-hybridized carbons (Fsp3) is 0.625. The molecule has 1 aliphatic carbocycles. The van der Waals surface area contributed by atoms with Gasteiger partial charge in [-0.1, -0.05) is 22.7 Å². The number of carbonyl (C=O) groups excluding carboxylic acids is 1. The molecule has 0 saturated heterocycles. The molecule has 1 rings (SSSR count). The topological polar surface area (TPSA) is 29.0 Å². The van der Waals surface area contributed by atoms with Gasteiger partial charge in [0.1, 0.15) is 0 Å². The van der Waals surface area contributed by atoms with E-state index in [1.165, 1.54) is 0 Å². The van der Waals surface area contributed by atoms with Crippen molar-refractivity contribution >= 4 is 5.91 Å². The maximum absolute atomic E-state index is 11.3. The summed E-state index contributed by atoms with van der Waals surface area (Å²) in [5, 5.41) is 0.538. The Morgan fingerprint density at radius 2 is 1.75 bits per heavy atom. The second-order valence-corrected chi connectivity index (χ2v) is 2.81. The highest BCUT2D eigenvalue weighted by Crippen LogP contribution is 2.26. The van der Waals surface area contributed by atoms with Gasteiger partial charge in [-0.2, -0.15) is 13.1 Å². The van der Waals surface area contributed by atoms with Crippen molar-refractivity contribution in [2.24, 2.45) is 5.92 Å². The van der Waals surface area contributed by atoms with Crippen molar-refractivity contribution < 1.29 is 4.79 Å². The third kappa shape index (κ3) is 1.54. The van der Waals surface area contributed by atoms with Crippen LogP contribution in [0.3, 0.4) is 0 Å². The summed E-state index contributed by atoms with van der Waals surface area (Å²) in [6.45, 7) is 13.1. The molecule has 12 heavy (non-hydrogen) atoms. The predicted octanol–water partition coefficient (Wildman–Crippen LogP) is 1.67. The van der Waals surface area contributed by atoms with E-state index in [9.17, 15) is 4.79 Å². The summed E-state index contributed by atoms with van der Waals surface area (Å²) in [5.74, 6) is -0.398. The fourth-order valence-electron chi connectivity index (χ4n) is 1.46. The summed E-state index contributed by atoms with van der Waals surface area (Å²) in [7, 11) is 0. The molecule has 0 aromatic heterocycles. The smallest absolute Gasteiger partial charge is 0.259 e. The molecule has 0 aliphatic heterocycles. The molecule has 1 amide bonds. The summed E-state index contributed by atoms with van der Waals surface area (Å²) in [5.41, 5.74) is 0. The van der Waals surface area contributed by atoms with Gasteiger partial charge in [-0.15, -0.1) is 0 Å². The van der Waals surface area contributed by atoms with E-state index < -0.39 is 0 Å². The lowest BCUT2D eigenvalue weighted by Crippen LogP contribution is -2.23. The molecule has 0 aromatic rings. The second-order valence-electron chi connectivity index (χ2n) is 2.81. The highest BCUT2D eigenvalue weighted by atomic mass is 16.2. The van der Waals surface area contributed by atoms with Gasteiger partial charge in [-0.05, 0) is 12.8 Å². The van der Waals surface area contributed by atoms with Gasteiger partial charge in [0.05, 0.1) is 5.92 Å². The lowest BCUT2D eigenvalue weighted by Gasteiger charge is -2.00. The Hall–Kier alpha value is -1.55. The van der Waals surface area contributed by atoms with Crippen LogP contribution >= 0.6 is 0 Å². The number of nitrogens with zero attached hydrogens (tertiary/aromatic N) is 3. The lowest BCUT2D eigenvalue weighted by atomic mass is 10.1. The summed E-state index contributed by atoms with van der Waals surface area (Å²) >= 11 is 0. The molecule has 0 radical (unpaired) electrons. The van der Waals surface area contributed by atoms with Crippen LogP contribution in [-0.2, 0) is 4.79 Å². The van der Waals surface area contributed by atoms with Crippen molar-refractivity contribution in [2.75, 3.05) is 0 Å². The standard InChI is InChI=1S/C8H9N3O/c1-9-11(10-2)8(12)7-5-3-4-6-7/h7H,3-6H2. The summed E-state index contributed by atoms with van der Waals surface area (Å²) < 4.78 is 0. The number of carbonyl (C=O) groups is 1. The molecule has 0 bridgehead atoms. The maximum Gasteiger partial charge on any atom is 0.378 e. The van der Waals surface area contributed by atoms with Crippen LogP contribution in [0.5, 0.6) is 0 Å². The van der Waals surface area contributed by atoms with E-state index in [0.717, 1.165) is 25.7 Å². The van der Waals surface area contributed by atoms with Crippen LogP contribution in [0, 0.1) is 19.1 Å². The van der Waals surface area contributed by atoms with Crippen LogP contribution in [0.2, 0.25) is 0 Å². The molecule has 1 saturated carbocycles. The lowest BCUT2D eigenvalue weighted by molar-refractivity contribution is -0.130. The van der Waals surface area contributed by atoms with Gasteiger partial charge >= 0.3 is 5.91 Å². The first-order valence-corrected chi connectivity index (χ1v) is 3.88. The van der Waals surface area contributed by atoms with Crippen molar-refractivity contribution in [3.05, 3.63) is 23.1 Å². The molecule has 0 N–H and O–H groups in total. The number of hydrogen-bond donors (Lipinski definition) is 0. The molecule has 0 atom stereocenters. The molecule has 0 heterocycles. The highest BCUT2D eigenvalue weighted by molar-refractivity contribution is 5.80. The first-order chi connectivity index (χ1) is 5.79. The predicted molar refractivity (Wildman–Crippen MR) is 42.0 cm³/mol. The van der Waals surface area contributed by atoms with Gasteiger partial charge in [0.25, 0.3) is 5.12 Å². The van der Waals surface area contributed by atoms with E-state index in [-0.39, 0.29) is 11.8 Å². The van der Waals surface area contributed by atoms with E-state index in [1.807, 2.05) is 0 Å². The van der Waals surface area contributed by atoms with E-state index in [4.69, 9.17) is 13.1 Å². The molecule has 4 nitrogen and oxygen atoms in total. The zero-order chi connectivity index (χ0) is 8.97. The molecule has 0 unspecified atom stereocenters. The zero-order valence-electron chi connectivity index (χ0n) is 6.66. The molecule has 0 spiro atoms. The number of hydrogen-bond acceptors (Lipinski definition) is 1. The third-order valence-electron chi connectivity index (χ3n) is 2.09. The van der Waals surface area contributed by atoms with Crippen molar-refractivity contribution in [2.45, 2.75) is 25.7 Å². The van der Waals surface area contributed by atoms with Gasteiger partial charge in [0.15, 0.2) is 0 Å². The Morgan fingerprint density at radius 1 is 1.25 bits per heavy atom. The van der Waals surface area contributed by atoms with E-state index >= 15 is 0 Å². The molecular weight excluding hydrogens is 154 g/mol. The van der Waals surface area contributed by atoms with Crippen LogP contribution in [0.25, 0.3) is 9.91 Å². The third-order valence-corrected chi connectivity index (χ3v) is 2.09. The van der Waals surface area contributed by atoms with Crippen LogP contribution in [0.4, 0.5) is 0 Å². The molecular formula is C8H9N3O.